The first-order valence-corrected chi connectivity index (χ1v) is 9.79. The minimum Gasteiger partial charge on any atom is -0.493 e. The molecule has 2 amide bonds. The van der Waals surface area contributed by atoms with Gasteiger partial charge in [0.1, 0.15) is 11.5 Å². The van der Waals surface area contributed by atoms with E-state index in [0.29, 0.717) is 52.6 Å². The van der Waals surface area contributed by atoms with E-state index >= 15 is 0 Å². The number of aromatic nitrogens is 1. The molecule has 3 rings (SSSR count). The van der Waals surface area contributed by atoms with Gasteiger partial charge >= 0.3 is 0 Å². The Morgan fingerprint density at radius 3 is 2.76 bits per heavy atom. The second-order valence-electron chi connectivity index (χ2n) is 5.97. The second kappa shape index (κ2) is 9.24. The lowest BCUT2D eigenvalue weighted by molar-refractivity contribution is -0.119. The van der Waals surface area contributed by atoms with Gasteiger partial charge in [0.05, 0.1) is 20.3 Å². The number of amides is 2. The van der Waals surface area contributed by atoms with Gasteiger partial charge in [-0.2, -0.15) is 0 Å². The standard InChI is InChI=1S/C20H21N3O5S/c1-4-27-18-9-13(5-7-17(18)26-3)19(25)23-20-22-15(11-29-20)16-8-6-14(28-16)10-21-12(2)24/h5-9,11H,4,10H2,1-3H3,(H,21,24)(H,22,23,25). The lowest BCUT2D eigenvalue weighted by Gasteiger charge is -2.10. The van der Waals surface area contributed by atoms with Gasteiger partial charge in [0, 0.05) is 17.9 Å². The number of hydrogen-bond donors (Lipinski definition) is 2. The van der Waals surface area contributed by atoms with Crippen molar-refractivity contribution in [3.63, 3.8) is 0 Å². The van der Waals surface area contributed by atoms with Crippen molar-refractivity contribution in [2.45, 2.75) is 20.4 Å². The second-order valence-corrected chi connectivity index (χ2v) is 6.82. The van der Waals surface area contributed by atoms with Gasteiger partial charge in [0.15, 0.2) is 22.4 Å². The maximum absolute atomic E-state index is 12.6. The number of furan rings is 1. The van der Waals surface area contributed by atoms with Gasteiger partial charge in [-0.1, -0.05) is 0 Å². The van der Waals surface area contributed by atoms with Crippen LogP contribution in [0, 0.1) is 0 Å². The molecule has 2 heterocycles. The summed E-state index contributed by atoms with van der Waals surface area (Å²) in [5.41, 5.74) is 1.03. The average Bonchev–Trinajstić information content (AvgIpc) is 3.36. The molecule has 0 radical (unpaired) electrons. The largest absolute Gasteiger partial charge is 0.493 e. The summed E-state index contributed by atoms with van der Waals surface area (Å²) in [7, 11) is 1.55. The van der Waals surface area contributed by atoms with Gasteiger partial charge < -0.3 is 19.2 Å². The van der Waals surface area contributed by atoms with Crippen LogP contribution >= 0.6 is 11.3 Å². The highest BCUT2D eigenvalue weighted by Crippen LogP contribution is 2.30. The molecular formula is C20H21N3O5S. The molecule has 0 bridgehead atoms. The lowest BCUT2D eigenvalue weighted by Crippen LogP contribution is -2.18. The summed E-state index contributed by atoms with van der Waals surface area (Å²) in [6.07, 6.45) is 0. The number of carbonyl (C=O) groups excluding carboxylic acids is 2. The van der Waals surface area contributed by atoms with E-state index in [2.05, 4.69) is 15.6 Å². The molecule has 0 aliphatic rings. The first-order valence-electron chi connectivity index (χ1n) is 8.91. The van der Waals surface area contributed by atoms with E-state index in [1.807, 2.05) is 6.92 Å². The maximum Gasteiger partial charge on any atom is 0.257 e. The van der Waals surface area contributed by atoms with Crippen molar-refractivity contribution in [1.82, 2.24) is 10.3 Å². The van der Waals surface area contributed by atoms with Gasteiger partial charge in [-0.15, -0.1) is 11.3 Å². The number of ether oxygens (including phenoxy) is 2. The Morgan fingerprint density at radius 2 is 2.03 bits per heavy atom. The van der Waals surface area contributed by atoms with Crippen LogP contribution in [0.15, 0.2) is 40.1 Å². The Labute approximate surface area is 171 Å². The van der Waals surface area contributed by atoms with Gasteiger partial charge in [-0.05, 0) is 37.3 Å². The molecule has 1 aromatic carbocycles. The smallest absolute Gasteiger partial charge is 0.257 e. The molecule has 3 aromatic rings. The summed E-state index contributed by atoms with van der Waals surface area (Å²) in [6, 6.07) is 8.52. The van der Waals surface area contributed by atoms with Crippen molar-refractivity contribution in [1.29, 1.82) is 0 Å². The van der Waals surface area contributed by atoms with Gasteiger partial charge in [0.25, 0.3) is 5.91 Å². The Bertz CT molecular complexity index is 1010. The van der Waals surface area contributed by atoms with Crippen LogP contribution in [0.5, 0.6) is 11.5 Å². The fourth-order valence-corrected chi connectivity index (χ4v) is 3.22. The third-order valence-corrected chi connectivity index (χ3v) is 4.63. The molecule has 8 nitrogen and oxygen atoms in total. The first kappa shape index (κ1) is 20.4. The number of rotatable bonds is 8. The van der Waals surface area contributed by atoms with E-state index in [0.717, 1.165) is 0 Å². The normalized spacial score (nSPS) is 10.4. The van der Waals surface area contributed by atoms with Crippen LogP contribution in [-0.2, 0) is 11.3 Å². The summed E-state index contributed by atoms with van der Waals surface area (Å²) in [5.74, 6) is 1.81. The summed E-state index contributed by atoms with van der Waals surface area (Å²) in [5, 5.41) is 7.68. The van der Waals surface area contributed by atoms with Crippen molar-refractivity contribution >= 4 is 28.3 Å². The van der Waals surface area contributed by atoms with Crippen LogP contribution in [0.3, 0.4) is 0 Å². The molecule has 0 saturated heterocycles. The molecule has 152 valence electrons. The zero-order valence-electron chi connectivity index (χ0n) is 16.3. The molecule has 2 aromatic heterocycles. The number of carbonyl (C=O) groups is 2. The van der Waals surface area contributed by atoms with E-state index in [1.54, 1.807) is 42.8 Å². The molecule has 0 atom stereocenters. The van der Waals surface area contributed by atoms with Gasteiger partial charge in [0.2, 0.25) is 5.91 Å². The highest BCUT2D eigenvalue weighted by molar-refractivity contribution is 7.14. The summed E-state index contributed by atoms with van der Waals surface area (Å²) in [6.45, 7) is 4.08. The summed E-state index contributed by atoms with van der Waals surface area (Å²) < 4.78 is 16.4. The zero-order valence-corrected chi connectivity index (χ0v) is 17.1. The molecule has 0 aliphatic heterocycles. The number of thiazole rings is 1. The van der Waals surface area contributed by atoms with Crippen LogP contribution in [0.2, 0.25) is 0 Å². The highest BCUT2D eigenvalue weighted by Gasteiger charge is 2.14. The molecular weight excluding hydrogens is 394 g/mol. The number of nitrogens with zero attached hydrogens (tertiary/aromatic N) is 1. The Balaban J connectivity index is 1.69. The summed E-state index contributed by atoms with van der Waals surface area (Å²) in [4.78, 5) is 28.0. The molecule has 0 unspecified atom stereocenters. The van der Waals surface area contributed by atoms with Crippen LogP contribution in [-0.4, -0.2) is 30.5 Å². The van der Waals surface area contributed by atoms with E-state index < -0.39 is 0 Å². The molecule has 29 heavy (non-hydrogen) atoms. The number of methoxy groups -OCH3 is 1. The summed E-state index contributed by atoms with van der Waals surface area (Å²) >= 11 is 1.29. The average molecular weight is 415 g/mol. The van der Waals surface area contributed by atoms with E-state index in [9.17, 15) is 9.59 Å². The monoisotopic (exact) mass is 415 g/mol. The SMILES string of the molecule is CCOc1cc(C(=O)Nc2nc(-c3ccc(CNC(C)=O)o3)cs2)ccc1OC. The fourth-order valence-electron chi connectivity index (χ4n) is 2.52. The first-order chi connectivity index (χ1) is 14.0. The zero-order chi connectivity index (χ0) is 20.8. The van der Waals surface area contributed by atoms with Crippen molar-refractivity contribution in [3.05, 3.63) is 47.0 Å². The Morgan fingerprint density at radius 1 is 1.21 bits per heavy atom. The molecule has 0 fully saturated rings. The third kappa shape index (κ3) is 5.14. The van der Waals surface area contributed by atoms with Crippen molar-refractivity contribution in [3.8, 4) is 23.0 Å². The molecule has 0 aliphatic carbocycles. The van der Waals surface area contributed by atoms with E-state index in [-0.39, 0.29) is 11.8 Å². The minimum absolute atomic E-state index is 0.132. The van der Waals surface area contributed by atoms with Crippen molar-refractivity contribution < 1.29 is 23.5 Å². The van der Waals surface area contributed by atoms with Crippen LogP contribution in [0.1, 0.15) is 30.0 Å². The molecule has 9 heteroatoms. The number of hydrogen-bond acceptors (Lipinski definition) is 7. The van der Waals surface area contributed by atoms with Crippen molar-refractivity contribution in [2.24, 2.45) is 0 Å². The Kier molecular flexibility index (Phi) is 6.50. The Hall–Kier alpha value is -3.33. The predicted octanol–water partition coefficient (Wildman–Crippen LogP) is 3.70. The van der Waals surface area contributed by atoms with E-state index in [4.69, 9.17) is 13.9 Å². The quantitative estimate of drug-likeness (QED) is 0.582. The third-order valence-electron chi connectivity index (χ3n) is 3.88. The van der Waals surface area contributed by atoms with Crippen LogP contribution < -0.4 is 20.1 Å². The maximum atomic E-state index is 12.6. The van der Waals surface area contributed by atoms with Crippen LogP contribution in [0.25, 0.3) is 11.5 Å². The van der Waals surface area contributed by atoms with Gasteiger partial charge in [-0.25, -0.2) is 4.98 Å². The fraction of sp³-hybridized carbons (Fsp3) is 0.250. The predicted molar refractivity (Wildman–Crippen MR) is 109 cm³/mol. The highest BCUT2D eigenvalue weighted by atomic mass is 32.1. The van der Waals surface area contributed by atoms with E-state index in [1.165, 1.54) is 18.3 Å². The molecule has 0 spiro atoms. The van der Waals surface area contributed by atoms with Gasteiger partial charge in [-0.3, -0.25) is 14.9 Å². The molecule has 2 N–H and O–H groups in total. The van der Waals surface area contributed by atoms with Crippen LogP contribution in [0.4, 0.5) is 5.13 Å². The number of nitrogens with one attached hydrogen (secondary N) is 2. The number of benzene rings is 1. The number of anilines is 1. The lowest BCUT2D eigenvalue weighted by atomic mass is 10.2. The topological polar surface area (TPSA) is 103 Å². The molecule has 0 saturated carbocycles. The van der Waals surface area contributed by atoms with Crippen molar-refractivity contribution in [2.75, 3.05) is 19.0 Å². The minimum atomic E-state index is -0.305.